The van der Waals surface area contributed by atoms with E-state index in [4.69, 9.17) is 26.1 Å². The number of imidazole rings is 1. The molecule has 0 spiro atoms. The van der Waals surface area contributed by atoms with Gasteiger partial charge in [0.1, 0.15) is 23.8 Å². The van der Waals surface area contributed by atoms with Crippen LogP contribution in [-0.4, -0.2) is 43.3 Å². The molecule has 4 aromatic rings. The topological polar surface area (TPSA) is 99.4 Å². The summed E-state index contributed by atoms with van der Waals surface area (Å²) in [5.41, 5.74) is 3.73. The molecule has 0 bridgehead atoms. The molecule has 0 amide bonds. The molecule has 2 atom stereocenters. The standard InChI is InChI=1S/C30H28ClFN4O4/c31-21-9-8-20(23(32)15-21)17-40-28-3-1-2-24(34-28)19-6-4-18(5-7-19)14-27-33-25-10-11-26(30(37)38)35-29(25)36(27)16-22-12-13-39-22/h1-3,6,8-11,15,18,22H,4-5,7,12-14,16-17H2,(H,37,38)/t18?,22-/m0/s1. The monoisotopic (exact) mass is 562 g/mol. The number of carboxylic acids is 1. The van der Waals surface area contributed by atoms with Crippen LogP contribution in [0.1, 0.15) is 53.3 Å². The lowest BCUT2D eigenvalue weighted by Crippen LogP contribution is -2.32. The highest BCUT2D eigenvalue weighted by Gasteiger charge is 2.25. The van der Waals surface area contributed by atoms with Crippen molar-refractivity contribution in [1.82, 2.24) is 19.5 Å². The van der Waals surface area contributed by atoms with Crippen LogP contribution in [0.4, 0.5) is 4.39 Å². The first kappa shape index (κ1) is 26.4. The van der Waals surface area contributed by atoms with Gasteiger partial charge in [0.15, 0.2) is 11.3 Å². The molecule has 1 unspecified atom stereocenters. The third-order valence-corrected chi connectivity index (χ3v) is 7.74. The van der Waals surface area contributed by atoms with Crippen molar-refractivity contribution in [1.29, 1.82) is 0 Å². The normalized spacial score (nSPS) is 18.8. The number of halogens is 2. The van der Waals surface area contributed by atoms with Gasteiger partial charge >= 0.3 is 5.97 Å². The number of carboxylic acid groups (broad SMARTS) is 1. The Hall–Kier alpha value is -3.82. The third-order valence-electron chi connectivity index (χ3n) is 7.50. The van der Waals surface area contributed by atoms with Gasteiger partial charge in [-0.1, -0.05) is 29.8 Å². The molecule has 4 heterocycles. The first-order chi connectivity index (χ1) is 19.4. The number of ether oxygens (including phenoxy) is 2. The summed E-state index contributed by atoms with van der Waals surface area (Å²) in [4.78, 5) is 25.4. The molecular formula is C30H28ClFN4O4. The number of pyridine rings is 2. The summed E-state index contributed by atoms with van der Waals surface area (Å²) in [6, 6.07) is 13.4. The highest BCUT2D eigenvalue weighted by atomic mass is 35.5. The zero-order valence-electron chi connectivity index (χ0n) is 21.7. The van der Waals surface area contributed by atoms with Crippen molar-refractivity contribution in [2.24, 2.45) is 5.92 Å². The first-order valence-electron chi connectivity index (χ1n) is 13.4. The Balaban J connectivity index is 1.15. The number of hydrogen-bond donors (Lipinski definition) is 1. The predicted octanol–water partition coefficient (Wildman–Crippen LogP) is 6.11. The van der Waals surface area contributed by atoms with Gasteiger partial charge in [0.25, 0.3) is 0 Å². The van der Waals surface area contributed by atoms with E-state index in [-0.39, 0.29) is 18.4 Å². The van der Waals surface area contributed by atoms with Crippen molar-refractivity contribution >= 4 is 34.3 Å². The summed E-state index contributed by atoms with van der Waals surface area (Å²) in [5.74, 6) is 0.269. The van der Waals surface area contributed by atoms with E-state index in [1.165, 1.54) is 12.1 Å². The summed E-state index contributed by atoms with van der Waals surface area (Å²) in [6.07, 6.45) is 6.75. The SMILES string of the molecule is O=C(O)c1ccc2nc(CC3CC=C(c4cccc(OCc5ccc(Cl)cc5F)n4)CC3)n(C[C@@H]3CCO3)c2n1. The molecule has 6 rings (SSSR count). The molecule has 8 nitrogen and oxygen atoms in total. The maximum absolute atomic E-state index is 14.1. The second-order valence-electron chi connectivity index (χ2n) is 10.2. The molecule has 3 aromatic heterocycles. The van der Waals surface area contributed by atoms with Crippen molar-refractivity contribution in [2.75, 3.05) is 6.61 Å². The van der Waals surface area contributed by atoms with Crippen LogP contribution in [-0.2, 0) is 24.3 Å². The molecule has 1 aromatic carbocycles. The minimum absolute atomic E-state index is 0.0111. The Bertz CT molecular complexity index is 1600. The minimum Gasteiger partial charge on any atom is -0.477 e. The van der Waals surface area contributed by atoms with Crippen molar-refractivity contribution in [3.05, 3.63) is 88.2 Å². The minimum atomic E-state index is -1.05. The molecule has 40 heavy (non-hydrogen) atoms. The van der Waals surface area contributed by atoms with Crippen LogP contribution in [0.25, 0.3) is 16.7 Å². The average molecular weight is 563 g/mol. The van der Waals surface area contributed by atoms with Gasteiger partial charge in [0.2, 0.25) is 5.88 Å². The van der Waals surface area contributed by atoms with E-state index >= 15 is 0 Å². The number of aromatic carboxylic acids is 1. The lowest BCUT2D eigenvalue weighted by Gasteiger charge is -2.28. The molecule has 0 radical (unpaired) electrons. The largest absolute Gasteiger partial charge is 0.477 e. The number of rotatable bonds is 9. The molecule has 1 aliphatic carbocycles. The number of nitrogens with zero attached hydrogens (tertiary/aromatic N) is 4. The summed E-state index contributed by atoms with van der Waals surface area (Å²) in [7, 11) is 0. The van der Waals surface area contributed by atoms with Gasteiger partial charge in [-0.25, -0.2) is 24.1 Å². The van der Waals surface area contributed by atoms with Crippen LogP contribution in [0.2, 0.25) is 5.02 Å². The van der Waals surface area contributed by atoms with E-state index < -0.39 is 11.8 Å². The Morgan fingerprint density at radius 1 is 1.15 bits per heavy atom. The van der Waals surface area contributed by atoms with E-state index in [0.29, 0.717) is 40.1 Å². The zero-order chi connectivity index (χ0) is 27.6. The highest BCUT2D eigenvalue weighted by molar-refractivity contribution is 6.30. The maximum atomic E-state index is 14.1. The van der Waals surface area contributed by atoms with Gasteiger partial charge in [-0.05, 0) is 67.5 Å². The number of hydrogen-bond acceptors (Lipinski definition) is 6. The van der Waals surface area contributed by atoms with Crippen molar-refractivity contribution in [3.63, 3.8) is 0 Å². The average Bonchev–Trinajstić information content (AvgIpc) is 3.26. The van der Waals surface area contributed by atoms with Gasteiger partial charge in [0.05, 0.1) is 18.3 Å². The molecule has 206 valence electrons. The second kappa shape index (κ2) is 11.3. The smallest absolute Gasteiger partial charge is 0.354 e. The lowest BCUT2D eigenvalue weighted by molar-refractivity contribution is -0.0591. The molecular weight excluding hydrogens is 535 g/mol. The number of fused-ring (bicyclic) bond motifs is 1. The van der Waals surface area contributed by atoms with Crippen molar-refractivity contribution in [2.45, 2.75) is 51.4 Å². The van der Waals surface area contributed by atoms with Gasteiger partial charge in [-0.15, -0.1) is 0 Å². The molecule has 1 fully saturated rings. The maximum Gasteiger partial charge on any atom is 0.354 e. The van der Waals surface area contributed by atoms with Crippen LogP contribution in [0.5, 0.6) is 5.88 Å². The third kappa shape index (κ3) is 5.71. The summed E-state index contributed by atoms with van der Waals surface area (Å²) < 4.78 is 27.6. The van der Waals surface area contributed by atoms with Crippen molar-refractivity contribution < 1.29 is 23.8 Å². The van der Waals surface area contributed by atoms with Crippen LogP contribution in [0.15, 0.2) is 54.6 Å². The quantitative estimate of drug-likeness (QED) is 0.263. The fourth-order valence-electron chi connectivity index (χ4n) is 5.18. The summed E-state index contributed by atoms with van der Waals surface area (Å²) in [6.45, 7) is 1.43. The molecule has 1 aliphatic heterocycles. The molecule has 2 aliphatic rings. The Morgan fingerprint density at radius 3 is 2.75 bits per heavy atom. The van der Waals surface area contributed by atoms with Crippen molar-refractivity contribution in [3.8, 4) is 5.88 Å². The number of aromatic nitrogens is 4. The van der Waals surface area contributed by atoms with Crippen LogP contribution >= 0.6 is 11.6 Å². The van der Waals surface area contributed by atoms with E-state index in [0.717, 1.165) is 55.8 Å². The van der Waals surface area contributed by atoms with E-state index in [9.17, 15) is 14.3 Å². The van der Waals surface area contributed by atoms with Crippen LogP contribution < -0.4 is 4.74 Å². The fourth-order valence-corrected chi connectivity index (χ4v) is 5.34. The van der Waals surface area contributed by atoms with E-state index in [2.05, 4.69) is 16.0 Å². The number of benzene rings is 1. The Kier molecular flexibility index (Phi) is 7.49. The predicted molar refractivity (Wildman–Crippen MR) is 148 cm³/mol. The first-order valence-corrected chi connectivity index (χ1v) is 13.7. The molecule has 1 saturated heterocycles. The molecule has 1 N–H and O–H groups in total. The van der Waals surface area contributed by atoms with Gasteiger partial charge in [-0.3, -0.25) is 0 Å². The van der Waals surface area contributed by atoms with Crippen LogP contribution in [0, 0.1) is 11.7 Å². The van der Waals surface area contributed by atoms with Crippen LogP contribution in [0.3, 0.4) is 0 Å². The van der Waals surface area contributed by atoms with E-state index in [1.807, 2.05) is 16.7 Å². The number of allylic oxidation sites excluding steroid dienone is 2. The molecule has 10 heteroatoms. The van der Waals surface area contributed by atoms with Gasteiger partial charge < -0.3 is 19.1 Å². The molecule has 0 saturated carbocycles. The zero-order valence-corrected chi connectivity index (χ0v) is 22.5. The number of carbonyl (C=O) groups is 1. The lowest BCUT2D eigenvalue weighted by atomic mass is 9.86. The van der Waals surface area contributed by atoms with E-state index in [1.54, 1.807) is 24.3 Å². The summed E-state index contributed by atoms with van der Waals surface area (Å²) in [5, 5.41) is 9.77. The Labute approximate surface area is 235 Å². The fraction of sp³-hybridized carbons (Fsp3) is 0.333. The highest BCUT2D eigenvalue weighted by Crippen LogP contribution is 2.33. The van der Waals surface area contributed by atoms with Gasteiger partial charge in [0, 0.05) is 29.7 Å². The Morgan fingerprint density at radius 2 is 2.02 bits per heavy atom. The van der Waals surface area contributed by atoms with Gasteiger partial charge in [-0.2, -0.15) is 0 Å². The second-order valence-corrected chi connectivity index (χ2v) is 10.7. The summed E-state index contributed by atoms with van der Waals surface area (Å²) >= 11 is 5.84.